The first-order chi connectivity index (χ1) is 7.86. The van der Waals surface area contributed by atoms with Crippen molar-refractivity contribution in [3.8, 4) is 0 Å². The van der Waals surface area contributed by atoms with E-state index >= 15 is 0 Å². The van der Waals surface area contributed by atoms with Gasteiger partial charge in [-0.3, -0.25) is 0 Å². The van der Waals surface area contributed by atoms with Crippen LogP contribution >= 0.6 is 8.38 Å². The minimum absolute atomic E-state index is 0.713. The van der Waals surface area contributed by atoms with Crippen LogP contribution in [0.1, 0.15) is 19.4 Å². The Kier molecular flexibility index (Phi) is 7.07. The van der Waals surface area contributed by atoms with Crippen LogP contribution in [0.3, 0.4) is 0 Å². The molecule has 0 aliphatic rings. The Labute approximate surface area is 99.2 Å². The highest BCUT2D eigenvalue weighted by Crippen LogP contribution is 2.37. The summed E-state index contributed by atoms with van der Waals surface area (Å²) in [6.07, 6.45) is 5.08. The summed E-state index contributed by atoms with van der Waals surface area (Å²) in [7, 11) is -0.744. The minimum atomic E-state index is -0.744. The molecule has 88 valence electrons. The molecule has 0 unspecified atom stereocenters. The Balaban J connectivity index is 2.39. The van der Waals surface area contributed by atoms with Gasteiger partial charge in [-0.05, 0) is 19.4 Å². The first kappa shape index (κ1) is 13.4. The van der Waals surface area contributed by atoms with Gasteiger partial charge in [-0.1, -0.05) is 42.5 Å². The number of benzene rings is 1. The summed E-state index contributed by atoms with van der Waals surface area (Å²) < 4.78 is 11.0. The summed E-state index contributed by atoms with van der Waals surface area (Å²) >= 11 is 0. The first-order valence-corrected chi connectivity index (χ1v) is 6.98. The van der Waals surface area contributed by atoms with E-state index in [-0.39, 0.29) is 0 Å². The Morgan fingerprint density at radius 3 is 2.25 bits per heavy atom. The molecule has 0 heterocycles. The Morgan fingerprint density at radius 2 is 1.69 bits per heavy atom. The van der Waals surface area contributed by atoms with E-state index in [9.17, 15) is 0 Å². The molecule has 16 heavy (non-hydrogen) atoms. The molecule has 0 saturated heterocycles. The predicted octanol–water partition coefficient (Wildman–Crippen LogP) is 4.08. The highest BCUT2D eigenvalue weighted by Gasteiger charge is 2.05. The highest BCUT2D eigenvalue weighted by atomic mass is 31.2. The number of allylic oxidation sites excluding steroid dienone is 1. The molecule has 0 aliphatic heterocycles. The number of hydrogen-bond acceptors (Lipinski definition) is 2. The zero-order chi connectivity index (χ0) is 11.6. The Morgan fingerprint density at radius 1 is 1.06 bits per heavy atom. The monoisotopic (exact) mass is 238 g/mol. The van der Waals surface area contributed by atoms with Crippen molar-refractivity contribution in [1.29, 1.82) is 0 Å². The van der Waals surface area contributed by atoms with Crippen molar-refractivity contribution in [3.05, 3.63) is 42.0 Å². The van der Waals surface area contributed by atoms with Gasteiger partial charge in [-0.2, -0.15) is 0 Å². The van der Waals surface area contributed by atoms with E-state index in [0.717, 1.165) is 6.16 Å². The van der Waals surface area contributed by atoms with E-state index in [4.69, 9.17) is 9.05 Å². The number of hydrogen-bond donors (Lipinski definition) is 0. The van der Waals surface area contributed by atoms with E-state index in [1.165, 1.54) is 5.56 Å². The summed E-state index contributed by atoms with van der Waals surface area (Å²) in [6.45, 7) is 5.42. The molecule has 0 bridgehead atoms. The Bertz CT molecular complexity index is 292. The van der Waals surface area contributed by atoms with Crippen LogP contribution in [-0.2, 0) is 9.05 Å². The first-order valence-electron chi connectivity index (χ1n) is 5.61. The molecule has 0 radical (unpaired) electrons. The SMILES string of the molecule is CCOP(C/C=C/c1ccccc1)OCC. The number of rotatable bonds is 7. The van der Waals surface area contributed by atoms with Crippen LogP contribution in [-0.4, -0.2) is 19.4 Å². The molecule has 1 aromatic rings. The summed E-state index contributed by atoms with van der Waals surface area (Å²) in [6, 6.07) is 10.3. The van der Waals surface area contributed by atoms with E-state index in [2.05, 4.69) is 24.3 Å². The zero-order valence-electron chi connectivity index (χ0n) is 9.93. The average molecular weight is 238 g/mol. The molecular formula is C13H19O2P. The van der Waals surface area contributed by atoms with Crippen LogP contribution in [0.5, 0.6) is 0 Å². The summed E-state index contributed by atoms with van der Waals surface area (Å²) in [5.74, 6) is 0. The molecule has 0 aromatic heterocycles. The molecule has 0 fully saturated rings. The molecule has 1 aromatic carbocycles. The van der Waals surface area contributed by atoms with E-state index in [0.29, 0.717) is 13.2 Å². The van der Waals surface area contributed by atoms with E-state index < -0.39 is 8.38 Å². The van der Waals surface area contributed by atoms with Gasteiger partial charge in [0.25, 0.3) is 0 Å². The third-order valence-electron chi connectivity index (χ3n) is 1.91. The predicted molar refractivity (Wildman–Crippen MR) is 70.5 cm³/mol. The summed E-state index contributed by atoms with van der Waals surface area (Å²) in [4.78, 5) is 0. The molecule has 0 aliphatic carbocycles. The smallest absolute Gasteiger partial charge is 0.174 e. The van der Waals surface area contributed by atoms with Crippen LogP contribution < -0.4 is 0 Å². The van der Waals surface area contributed by atoms with Gasteiger partial charge in [-0.25, -0.2) is 0 Å². The lowest BCUT2D eigenvalue weighted by Gasteiger charge is -2.13. The lowest BCUT2D eigenvalue weighted by atomic mass is 10.2. The molecule has 0 N–H and O–H groups in total. The second-order valence-electron chi connectivity index (χ2n) is 3.16. The van der Waals surface area contributed by atoms with Crippen molar-refractivity contribution in [2.45, 2.75) is 13.8 Å². The maximum absolute atomic E-state index is 5.51. The van der Waals surface area contributed by atoms with E-state index in [1.54, 1.807) is 0 Å². The largest absolute Gasteiger partial charge is 0.334 e. The highest BCUT2D eigenvalue weighted by molar-refractivity contribution is 7.47. The van der Waals surface area contributed by atoms with Crippen molar-refractivity contribution in [3.63, 3.8) is 0 Å². The van der Waals surface area contributed by atoms with E-state index in [1.807, 2.05) is 32.0 Å². The van der Waals surface area contributed by atoms with Gasteiger partial charge in [0.05, 0.1) is 13.2 Å². The third kappa shape index (κ3) is 5.41. The van der Waals surface area contributed by atoms with Crippen LogP contribution in [0.15, 0.2) is 36.4 Å². The second-order valence-corrected chi connectivity index (χ2v) is 4.71. The Hall–Kier alpha value is -0.690. The maximum atomic E-state index is 5.51. The molecule has 0 atom stereocenters. The minimum Gasteiger partial charge on any atom is -0.334 e. The molecule has 3 heteroatoms. The zero-order valence-corrected chi connectivity index (χ0v) is 10.8. The van der Waals surface area contributed by atoms with Gasteiger partial charge in [0.1, 0.15) is 0 Å². The molecule has 1 rings (SSSR count). The van der Waals surface area contributed by atoms with Gasteiger partial charge >= 0.3 is 0 Å². The maximum Gasteiger partial charge on any atom is 0.174 e. The topological polar surface area (TPSA) is 18.5 Å². The van der Waals surface area contributed by atoms with Crippen LogP contribution in [0.4, 0.5) is 0 Å². The molecule has 2 nitrogen and oxygen atoms in total. The van der Waals surface area contributed by atoms with Crippen LogP contribution in [0.2, 0.25) is 0 Å². The fourth-order valence-corrected chi connectivity index (χ4v) is 2.41. The van der Waals surface area contributed by atoms with Gasteiger partial charge in [0.15, 0.2) is 8.38 Å². The van der Waals surface area contributed by atoms with Crippen LogP contribution in [0, 0.1) is 0 Å². The van der Waals surface area contributed by atoms with Crippen LogP contribution in [0.25, 0.3) is 6.08 Å². The quantitative estimate of drug-likeness (QED) is 0.666. The van der Waals surface area contributed by atoms with Crippen molar-refractivity contribution < 1.29 is 9.05 Å². The second kappa shape index (κ2) is 8.46. The van der Waals surface area contributed by atoms with Gasteiger partial charge < -0.3 is 9.05 Å². The average Bonchev–Trinajstić information content (AvgIpc) is 2.31. The van der Waals surface area contributed by atoms with Crippen molar-refractivity contribution >= 4 is 14.5 Å². The normalized spacial score (nSPS) is 11.4. The standard InChI is InChI=1S/C13H19O2P/c1-3-14-16(15-4-2)12-8-11-13-9-6-5-7-10-13/h5-11H,3-4,12H2,1-2H3/b11-8+. The van der Waals surface area contributed by atoms with Gasteiger partial charge in [-0.15, -0.1) is 0 Å². The van der Waals surface area contributed by atoms with Crippen molar-refractivity contribution in [1.82, 2.24) is 0 Å². The molecule has 0 amide bonds. The fraction of sp³-hybridized carbons (Fsp3) is 0.385. The third-order valence-corrected chi connectivity index (χ3v) is 3.51. The lowest BCUT2D eigenvalue weighted by Crippen LogP contribution is -1.92. The summed E-state index contributed by atoms with van der Waals surface area (Å²) in [5.41, 5.74) is 1.21. The lowest BCUT2D eigenvalue weighted by molar-refractivity contribution is 0.271. The molecule has 0 spiro atoms. The van der Waals surface area contributed by atoms with Gasteiger partial charge in [0, 0.05) is 6.16 Å². The molecular weight excluding hydrogens is 219 g/mol. The van der Waals surface area contributed by atoms with Crippen molar-refractivity contribution in [2.24, 2.45) is 0 Å². The fourth-order valence-electron chi connectivity index (χ4n) is 1.27. The summed E-state index contributed by atoms with van der Waals surface area (Å²) in [5, 5.41) is 0. The van der Waals surface area contributed by atoms with Gasteiger partial charge in [0.2, 0.25) is 0 Å². The van der Waals surface area contributed by atoms with Crippen molar-refractivity contribution in [2.75, 3.05) is 19.4 Å². The molecule has 0 saturated carbocycles.